The summed E-state index contributed by atoms with van der Waals surface area (Å²) in [6.45, 7) is 6.09. The zero-order valence-corrected chi connectivity index (χ0v) is 12.3. The van der Waals surface area contributed by atoms with Gasteiger partial charge < -0.3 is 15.0 Å². The molecule has 3 aliphatic rings. The molecule has 1 spiro atoms. The zero-order valence-electron chi connectivity index (χ0n) is 12.3. The van der Waals surface area contributed by atoms with Crippen LogP contribution in [0.1, 0.15) is 57.8 Å². The van der Waals surface area contributed by atoms with Crippen molar-refractivity contribution >= 4 is 0 Å². The van der Waals surface area contributed by atoms with Crippen molar-refractivity contribution in [3.63, 3.8) is 0 Å². The molecule has 2 heterocycles. The van der Waals surface area contributed by atoms with E-state index in [1.165, 1.54) is 84.0 Å². The first-order valence-corrected chi connectivity index (χ1v) is 8.45. The molecule has 1 aliphatic carbocycles. The minimum Gasteiger partial charge on any atom is -0.378 e. The van der Waals surface area contributed by atoms with Gasteiger partial charge in [0.1, 0.15) is 0 Å². The van der Waals surface area contributed by atoms with Gasteiger partial charge in [0.15, 0.2) is 0 Å². The van der Waals surface area contributed by atoms with Gasteiger partial charge in [-0.05, 0) is 64.6 Å². The lowest BCUT2D eigenvalue weighted by molar-refractivity contribution is 0.0975. The largest absolute Gasteiger partial charge is 0.378 e. The van der Waals surface area contributed by atoms with Crippen LogP contribution >= 0.6 is 0 Å². The van der Waals surface area contributed by atoms with Crippen LogP contribution in [0.25, 0.3) is 0 Å². The van der Waals surface area contributed by atoms with E-state index in [9.17, 15) is 0 Å². The lowest BCUT2D eigenvalue weighted by Gasteiger charge is -2.33. The highest BCUT2D eigenvalue weighted by Gasteiger charge is 2.36. The Morgan fingerprint density at radius 2 is 2.05 bits per heavy atom. The summed E-state index contributed by atoms with van der Waals surface area (Å²) in [7, 11) is 0. The molecule has 3 nitrogen and oxygen atoms in total. The van der Waals surface area contributed by atoms with Gasteiger partial charge in [-0.25, -0.2) is 0 Å². The number of nitrogens with one attached hydrogen (secondary N) is 1. The number of rotatable bonds is 4. The van der Waals surface area contributed by atoms with E-state index in [1.807, 2.05) is 0 Å². The van der Waals surface area contributed by atoms with Gasteiger partial charge in [-0.15, -0.1) is 0 Å². The van der Waals surface area contributed by atoms with Gasteiger partial charge >= 0.3 is 0 Å². The number of nitrogens with zero attached hydrogens (tertiary/aromatic N) is 1. The van der Waals surface area contributed by atoms with Crippen molar-refractivity contribution in [2.45, 2.75) is 69.4 Å². The van der Waals surface area contributed by atoms with Crippen molar-refractivity contribution in [2.24, 2.45) is 0 Å². The predicted molar refractivity (Wildman–Crippen MR) is 78.5 cm³/mol. The molecule has 0 aromatic carbocycles. The van der Waals surface area contributed by atoms with Gasteiger partial charge in [-0.2, -0.15) is 0 Å². The van der Waals surface area contributed by atoms with Crippen LogP contribution in [0, 0.1) is 0 Å². The summed E-state index contributed by atoms with van der Waals surface area (Å²) in [5.41, 5.74) is 0.473. The minimum absolute atomic E-state index is 0.473. The first kappa shape index (κ1) is 13.8. The van der Waals surface area contributed by atoms with Crippen LogP contribution in [0.3, 0.4) is 0 Å². The van der Waals surface area contributed by atoms with Gasteiger partial charge in [0, 0.05) is 18.7 Å². The van der Waals surface area contributed by atoms with E-state index in [0.29, 0.717) is 11.6 Å². The lowest BCUT2D eigenvalue weighted by atomic mass is 9.97. The first-order valence-electron chi connectivity index (χ1n) is 8.45. The van der Waals surface area contributed by atoms with Gasteiger partial charge in [-0.3, -0.25) is 0 Å². The smallest absolute Gasteiger partial charge is 0.0576 e. The van der Waals surface area contributed by atoms with Crippen LogP contribution < -0.4 is 5.32 Å². The van der Waals surface area contributed by atoms with Crippen molar-refractivity contribution in [3.05, 3.63) is 0 Å². The van der Waals surface area contributed by atoms with E-state index in [4.69, 9.17) is 4.74 Å². The molecule has 3 rings (SSSR count). The fourth-order valence-corrected chi connectivity index (χ4v) is 4.21. The zero-order chi connectivity index (χ0) is 13.0. The highest BCUT2D eigenvalue weighted by Crippen LogP contribution is 2.31. The molecule has 2 aliphatic heterocycles. The highest BCUT2D eigenvalue weighted by molar-refractivity contribution is 4.96. The van der Waals surface area contributed by atoms with Crippen LogP contribution in [-0.2, 0) is 4.74 Å². The fourth-order valence-electron chi connectivity index (χ4n) is 4.21. The monoisotopic (exact) mass is 266 g/mol. The summed E-state index contributed by atoms with van der Waals surface area (Å²) in [4.78, 5) is 2.72. The third kappa shape index (κ3) is 3.71. The van der Waals surface area contributed by atoms with Crippen molar-refractivity contribution in [1.82, 2.24) is 10.2 Å². The Labute approximate surface area is 118 Å². The maximum Gasteiger partial charge on any atom is 0.0576 e. The average Bonchev–Trinajstić information content (AvgIpc) is 3.02. The van der Waals surface area contributed by atoms with Gasteiger partial charge in [0.25, 0.3) is 0 Å². The lowest BCUT2D eigenvalue weighted by Crippen LogP contribution is -2.49. The Morgan fingerprint density at radius 1 is 1.16 bits per heavy atom. The average molecular weight is 266 g/mol. The molecule has 0 aromatic rings. The molecule has 0 radical (unpaired) electrons. The second kappa shape index (κ2) is 6.55. The van der Waals surface area contributed by atoms with E-state index in [0.717, 1.165) is 6.61 Å². The van der Waals surface area contributed by atoms with E-state index in [2.05, 4.69) is 10.2 Å². The highest BCUT2D eigenvalue weighted by atomic mass is 16.5. The summed E-state index contributed by atoms with van der Waals surface area (Å²) in [5.74, 6) is 0. The van der Waals surface area contributed by atoms with E-state index in [1.54, 1.807) is 0 Å². The van der Waals surface area contributed by atoms with Crippen molar-refractivity contribution in [2.75, 3.05) is 32.8 Å². The Bertz CT molecular complexity index is 270. The maximum atomic E-state index is 5.73. The van der Waals surface area contributed by atoms with E-state index < -0.39 is 0 Å². The molecule has 110 valence electrons. The first-order chi connectivity index (χ1) is 9.36. The predicted octanol–water partition coefficient (Wildman–Crippen LogP) is 2.55. The second-order valence-corrected chi connectivity index (χ2v) is 6.82. The van der Waals surface area contributed by atoms with Crippen molar-refractivity contribution in [1.29, 1.82) is 0 Å². The van der Waals surface area contributed by atoms with E-state index in [-0.39, 0.29) is 0 Å². The molecular weight excluding hydrogens is 236 g/mol. The summed E-state index contributed by atoms with van der Waals surface area (Å²) in [6.07, 6.45) is 12.7. The Kier molecular flexibility index (Phi) is 4.78. The Morgan fingerprint density at radius 3 is 2.84 bits per heavy atom. The van der Waals surface area contributed by atoms with Crippen LogP contribution in [-0.4, -0.2) is 49.3 Å². The number of ether oxygens (including phenoxy) is 1. The molecule has 1 N–H and O–H groups in total. The normalized spacial score (nSPS) is 31.9. The number of hydrogen-bond acceptors (Lipinski definition) is 3. The van der Waals surface area contributed by atoms with Crippen molar-refractivity contribution in [3.8, 4) is 0 Å². The summed E-state index contributed by atoms with van der Waals surface area (Å²) in [5, 5.41) is 3.85. The third-order valence-corrected chi connectivity index (χ3v) is 5.26. The molecule has 0 aromatic heterocycles. The van der Waals surface area contributed by atoms with Gasteiger partial charge in [-0.1, -0.05) is 12.8 Å². The molecule has 19 heavy (non-hydrogen) atoms. The maximum absolute atomic E-state index is 5.73. The summed E-state index contributed by atoms with van der Waals surface area (Å²) in [6, 6.07) is 0. The fraction of sp³-hybridized carbons (Fsp3) is 1.00. The SMILES string of the molecule is C1COC(CCCN2CCCNC3(CCCC3)C2)C1. The van der Waals surface area contributed by atoms with Crippen LogP contribution in [0.4, 0.5) is 0 Å². The molecule has 1 unspecified atom stereocenters. The van der Waals surface area contributed by atoms with Crippen LogP contribution in [0.2, 0.25) is 0 Å². The molecule has 1 saturated carbocycles. The molecular formula is C16H30N2O. The Hall–Kier alpha value is -0.120. The van der Waals surface area contributed by atoms with Crippen molar-refractivity contribution < 1.29 is 4.74 Å². The molecule has 0 bridgehead atoms. The second-order valence-electron chi connectivity index (χ2n) is 6.82. The quantitative estimate of drug-likeness (QED) is 0.846. The van der Waals surface area contributed by atoms with E-state index >= 15 is 0 Å². The molecule has 3 heteroatoms. The molecule has 3 fully saturated rings. The summed E-state index contributed by atoms with van der Waals surface area (Å²) < 4.78 is 5.73. The topological polar surface area (TPSA) is 24.5 Å². The van der Waals surface area contributed by atoms with Gasteiger partial charge in [0.2, 0.25) is 0 Å². The minimum atomic E-state index is 0.473. The molecule has 1 atom stereocenters. The molecule has 0 amide bonds. The molecule has 2 saturated heterocycles. The van der Waals surface area contributed by atoms with Crippen LogP contribution in [0.5, 0.6) is 0 Å². The Balaban J connectivity index is 1.43. The number of hydrogen-bond donors (Lipinski definition) is 1. The van der Waals surface area contributed by atoms with Gasteiger partial charge in [0.05, 0.1) is 6.10 Å². The summed E-state index contributed by atoms with van der Waals surface area (Å²) >= 11 is 0. The standard InChI is InChI=1S/C16H30N2O/c1-2-9-16(8-1)14-18(12-5-10-17-16)11-3-6-15-7-4-13-19-15/h15,17H,1-14H2. The van der Waals surface area contributed by atoms with Crippen LogP contribution in [0.15, 0.2) is 0 Å². The third-order valence-electron chi connectivity index (χ3n) is 5.26.